The van der Waals surface area contributed by atoms with Crippen molar-refractivity contribution in [3.8, 4) is 0 Å². The van der Waals surface area contributed by atoms with Crippen LogP contribution in [0, 0.1) is 46.3 Å². The van der Waals surface area contributed by atoms with Crippen molar-refractivity contribution < 1.29 is 33.4 Å². The topological polar surface area (TPSA) is 99.2 Å². The number of ether oxygens (including phenoxy) is 3. The maximum atomic E-state index is 14.1. The summed E-state index contributed by atoms with van der Waals surface area (Å²) in [6, 6.07) is 0. The maximum absolute atomic E-state index is 14.1. The first kappa shape index (κ1) is 74.0. The summed E-state index contributed by atoms with van der Waals surface area (Å²) in [6.45, 7) is 22.1. The second-order valence-corrected chi connectivity index (χ2v) is 29.2. The first-order chi connectivity index (χ1) is 40.9. The van der Waals surface area contributed by atoms with E-state index in [1.165, 1.54) is 158 Å². The predicted octanol–water partition coefficient (Wildman–Crippen LogP) is 21.6. The van der Waals surface area contributed by atoms with Crippen molar-refractivity contribution in [2.24, 2.45) is 46.3 Å². The minimum atomic E-state index is -0.679. The number of hydrogen-bond acceptors (Lipinski definition) is 7. The number of hydrogen-bond donors (Lipinski definition) is 0. The van der Waals surface area contributed by atoms with E-state index in [1.54, 1.807) is 0 Å². The lowest BCUT2D eigenvalue weighted by Gasteiger charge is -2.58. The van der Waals surface area contributed by atoms with E-state index in [1.807, 2.05) is 20.8 Å². The molecular weight excluding hydrogens is 1050 g/mol. The highest BCUT2D eigenvalue weighted by Crippen LogP contribution is 2.67. The molecule has 1 unspecified atom stereocenters. The van der Waals surface area contributed by atoms with Gasteiger partial charge in [-0.2, -0.15) is 0 Å². The first-order valence-corrected chi connectivity index (χ1v) is 36.1. The third-order valence-corrected chi connectivity index (χ3v) is 20.5. The van der Waals surface area contributed by atoms with E-state index in [0.29, 0.717) is 11.3 Å². The van der Waals surface area contributed by atoms with Crippen molar-refractivity contribution in [2.45, 2.75) is 344 Å². The van der Waals surface area contributed by atoms with Crippen molar-refractivity contribution in [3.05, 3.63) is 60.3 Å². The van der Waals surface area contributed by atoms with E-state index in [0.717, 1.165) is 119 Å². The van der Waals surface area contributed by atoms with Crippen LogP contribution in [0.25, 0.3) is 0 Å². The molecule has 85 heavy (non-hydrogen) atoms. The number of nitrogens with zero attached hydrogens (tertiary/aromatic N) is 1. The Kier molecular flexibility index (Phi) is 36.4. The van der Waals surface area contributed by atoms with Gasteiger partial charge in [0.1, 0.15) is 24.4 Å². The summed E-state index contributed by atoms with van der Waals surface area (Å²) in [5.41, 5.74) is 1.35. The second kappa shape index (κ2) is 41.7. The molecule has 0 aliphatic heterocycles. The number of amides is 1. The standard InChI is InChI=1S/C77H131NO7/c1-11-13-15-17-19-21-23-25-27-29-31-33-35-37-39-41-46-65(47-42-40-38-36-34-32-30-28-26-24-22-20-18-16-14-12-2)83-72(80)53-52-71(79)78(59-56-73(81)85-75(6,7)8)61-74(82)84-66-54-57-76(9)64(60-66)48-49-67-69-51-50-68(63(5)45-43-44-62(3)4)77(69,10)58-55-70(67)76/h19-22,25-28,48,62-63,65-70H,11-18,23-24,29-47,49-61H2,1-10H3/b21-19-,22-20-,27-25-,28-26-/t63?,66-,67-,68+,69-,70-,76-,77+/m0/s1. The third-order valence-electron chi connectivity index (χ3n) is 20.5. The smallest absolute Gasteiger partial charge is 0.325 e. The Hall–Kier alpha value is -3.42. The number of esters is 3. The summed E-state index contributed by atoms with van der Waals surface area (Å²) in [6.07, 6.45) is 63.7. The fourth-order valence-corrected chi connectivity index (χ4v) is 15.6. The van der Waals surface area contributed by atoms with Crippen molar-refractivity contribution in [3.63, 3.8) is 0 Å². The number of rotatable bonds is 45. The van der Waals surface area contributed by atoms with E-state index in [4.69, 9.17) is 14.2 Å². The molecule has 0 saturated heterocycles. The molecule has 0 heterocycles. The minimum absolute atomic E-state index is 0.0102. The lowest BCUT2D eigenvalue weighted by molar-refractivity contribution is -0.160. The molecule has 1 amide bonds. The van der Waals surface area contributed by atoms with Crippen LogP contribution in [0.5, 0.6) is 0 Å². The lowest BCUT2D eigenvalue weighted by Crippen LogP contribution is -2.51. The minimum Gasteiger partial charge on any atom is -0.462 e. The molecule has 0 spiro atoms. The molecule has 8 atom stereocenters. The van der Waals surface area contributed by atoms with Gasteiger partial charge in [-0.25, -0.2) is 0 Å². The lowest BCUT2D eigenvalue weighted by atomic mass is 9.47. The van der Waals surface area contributed by atoms with Gasteiger partial charge in [-0.05, 0) is 202 Å². The van der Waals surface area contributed by atoms with Gasteiger partial charge in [-0.15, -0.1) is 0 Å². The van der Waals surface area contributed by atoms with Gasteiger partial charge in [0.25, 0.3) is 0 Å². The molecule has 8 nitrogen and oxygen atoms in total. The summed E-state index contributed by atoms with van der Waals surface area (Å²) < 4.78 is 18.1. The van der Waals surface area contributed by atoms with E-state index >= 15 is 0 Å². The molecule has 3 saturated carbocycles. The molecule has 4 aliphatic rings. The second-order valence-electron chi connectivity index (χ2n) is 29.2. The molecule has 8 heteroatoms. The van der Waals surface area contributed by atoms with Gasteiger partial charge in [0.2, 0.25) is 5.91 Å². The van der Waals surface area contributed by atoms with Crippen LogP contribution in [0.15, 0.2) is 60.3 Å². The van der Waals surface area contributed by atoms with Gasteiger partial charge in [-0.1, -0.05) is 205 Å². The number of fused-ring (bicyclic) bond motifs is 5. The van der Waals surface area contributed by atoms with Gasteiger partial charge in [0.15, 0.2) is 0 Å². The Morgan fingerprint density at radius 1 is 0.588 bits per heavy atom. The van der Waals surface area contributed by atoms with Crippen LogP contribution >= 0.6 is 0 Å². The zero-order chi connectivity index (χ0) is 61.8. The largest absolute Gasteiger partial charge is 0.462 e. The molecule has 486 valence electrons. The van der Waals surface area contributed by atoms with Crippen molar-refractivity contribution in [2.75, 3.05) is 13.1 Å². The Morgan fingerprint density at radius 3 is 1.69 bits per heavy atom. The Bertz CT molecular complexity index is 1980. The molecular formula is C77H131NO7. The Balaban J connectivity index is 1.27. The number of allylic oxidation sites excluding steroid dienone is 9. The number of carbonyl (C=O) groups is 4. The summed E-state index contributed by atoms with van der Waals surface area (Å²) in [7, 11) is 0. The molecule has 0 aromatic carbocycles. The highest BCUT2D eigenvalue weighted by molar-refractivity contribution is 5.85. The summed E-state index contributed by atoms with van der Waals surface area (Å²) in [5.74, 6) is 2.97. The monoisotopic (exact) mass is 1180 g/mol. The molecule has 3 fully saturated rings. The van der Waals surface area contributed by atoms with E-state index < -0.39 is 17.5 Å². The van der Waals surface area contributed by atoms with Gasteiger partial charge < -0.3 is 19.1 Å². The Morgan fingerprint density at radius 2 is 1.14 bits per heavy atom. The van der Waals surface area contributed by atoms with Crippen LogP contribution in [-0.2, 0) is 33.4 Å². The molecule has 0 radical (unpaired) electrons. The Labute approximate surface area is 523 Å². The summed E-state index contributed by atoms with van der Waals surface area (Å²) in [4.78, 5) is 56.0. The van der Waals surface area contributed by atoms with Crippen LogP contribution in [0.2, 0.25) is 0 Å². The van der Waals surface area contributed by atoms with E-state index in [-0.39, 0.29) is 61.9 Å². The molecule has 4 rings (SSSR count). The van der Waals surface area contributed by atoms with Crippen LogP contribution in [0.4, 0.5) is 0 Å². The van der Waals surface area contributed by atoms with Gasteiger partial charge in [0.05, 0.1) is 12.8 Å². The fourth-order valence-electron chi connectivity index (χ4n) is 15.6. The summed E-state index contributed by atoms with van der Waals surface area (Å²) in [5, 5.41) is 0. The molecule has 0 N–H and O–H groups in total. The highest BCUT2D eigenvalue weighted by Gasteiger charge is 2.59. The average molecular weight is 1180 g/mol. The van der Waals surface area contributed by atoms with Gasteiger partial charge in [-0.3, -0.25) is 19.2 Å². The predicted molar refractivity (Wildman–Crippen MR) is 357 cm³/mol. The SMILES string of the molecule is CCCCC/C=C\C/C=C\CCCCCCCCC(CCCCCCCC/C=C\C/C=C\CCCCC)OC(=O)CCC(=O)N(CCC(=O)OC(C)(C)C)CC(=O)O[C@H]1CC[C@@]2(C)C(=CC[C@H]3[C@@H]4CC[C@H](C(C)CCCC(C)C)[C@@]4(C)CC[C@@H]32)C1. The normalized spacial score (nSPS) is 23.7. The van der Waals surface area contributed by atoms with E-state index in [9.17, 15) is 19.2 Å². The molecule has 0 aromatic heterocycles. The number of unbranched alkanes of at least 4 members (excludes halogenated alkanes) is 18. The zero-order valence-corrected chi connectivity index (χ0v) is 56.8. The van der Waals surface area contributed by atoms with Crippen LogP contribution in [0.3, 0.4) is 0 Å². The number of carbonyl (C=O) groups excluding carboxylic acids is 4. The molecule has 0 aromatic rings. The van der Waals surface area contributed by atoms with Crippen molar-refractivity contribution in [1.29, 1.82) is 0 Å². The van der Waals surface area contributed by atoms with Crippen molar-refractivity contribution >= 4 is 23.8 Å². The van der Waals surface area contributed by atoms with E-state index in [2.05, 4.69) is 103 Å². The highest BCUT2D eigenvalue weighted by atomic mass is 16.6. The third kappa shape index (κ3) is 28.7. The fraction of sp³-hybridized carbons (Fsp3) is 0.818. The average Bonchev–Trinajstić information content (AvgIpc) is 1.75. The first-order valence-electron chi connectivity index (χ1n) is 36.1. The van der Waals surface area contributed by atoms with Gasteiger partial charge in [0, 0.05) is 19.4 Å². The summed E-state index contributed by atoms with van der Waals surface area (Å²) >= 11 is 0. The maximum Gasteiger partial charge on any atom is 0.325 e. The zero-order valence-electron chi connectivity index (χ0n) is 56.8. The van der Waals surface area contributed by atoms with Gasteiger partial charge >= 0.3 is 17.9 Å². The molecule has 0 bridgehead atoms. The van der Waals surface area contributed by atoms with Crippen LogP contribution < -0.4 is 0 Å². The van der Waals surface area contributed by atoms with Crippen LogP contribution in [0.1, 0.15) is 326 Å². The quantitative estimate of drug-likeness (QED) is 0.0259. The van der Waals surface area contributed by atoms with Crippen molar-refractivity contribution in [1.82, 2.24) is 4.90 Å². The van der Waals surface area contributed by atoms with Crippen LogP contribution in [-0.4, -0.2) is 59.6 Å². The molecule has 4 aliphatic carbocycles.